The predicted molar refractivity (Wildman–Crippen MR) is 243 cm³/mol. The Labute approximate surface area is 373 Å². The van der Waals surface area contributed by atoms with Gasteiger partial charge in [0.15, 0.2) is 0 Å². The Morgan fingerprint density at radius 3 is 1.97 bits per heavy atom. The van der Waals surface area contributed by atoms with E-state index in [2.05, 4.69) is 143 Å². The second-order valence-corrected chi connectivity index (χ2v) is 17.4. The predicted octanol–water partition coefficient (Wildman–Crippen LogP) is 13.7. The molecule has 0 spiro atoms. The van der Waals surface area contributed by atoms with Gasteiger partial charge in [0.25, 0.3) is 0 Å². The molecule has 0 aliphatic carbocycles. The summed E-state index contributed by atoms with van der Waals surface area (Å²) in [5.41, 5.74) is 8.16. The molecule has 2 aromatic heterocycles. The van der Waals surface area contributed by atoms with Crippen molar-refractivity contribution in [1.82, 2.24) is 9.55 Å². The minimum Gasteiger partial charge on any atom is -0.493 e. The van der Waals surface area contributed by atoms with Gasteiger partial charge >= 0.3 is 0 Å². The molecule has 8 aromatic rings. The summed E-state index contributed by atoms with van der Waals surface area (Å²) in [7, 11) is 0. The fourth-order valence-corrected chi connectivity index (χ4v) is 8.35. The molecule has 0 atom stereocenters. The normalized spacial score (nSPS) is 15.2. The maximum atomic E-state index is 8.76. The third-order valence-corrected chi connectivity index (χ3v) is 11.3. The standard InChI is InChI=1S/C54H51N4.Pt/c1-52(2,3)44-23-17-24-45(53(4,5)6)51(44)57-36-56(47-26-14-15-27-48(47)57)41-21-16-18-37(33-41)32-38-28-29-43-42-22-12-13-25-46(42)58(49(43)34-38)50-35-40(30-31-55-50)54(7,8)39-19-10-9-11-20-39;/h9-31,35-36H,32H2,1-8H3;/q-3;/i7D3,8D3;. The van der Waals surface area contributed by atoms with Crippen LogP contribution in [0.1, 0.15) is 96.9 Å². The first kappa shape index (κ1) is 33.4. The second kappa shape index (κ2) is 15.3. The monoisotopic (exact) mass is 956 g/mol. The van der Waals surface area contributed by atoms with Gasteiger partial charge in [0.05, 0.1) is 0 Å². The Bertz CT molecular complexity index is 2990. The molecule has 4 nitrogen and oxygen atoms in total. The SMILES string of the molecule is [2H]C([2H])([2H])C(c1ccccc1)(c1ccnc(-n2c3[c-]c(Cc4[c-]c(N5[CH-]N(c6c(C(C)(C)C)cccc6C(C)(C)C)c6ccccc65)ccc4)ccc3c3ccccc32)c1)C([2H])([2H])[2H].[Pt]. The number of para-hydroxylation sites is 4. The van der Waals surface area contributed by atoms with Crippen molar-refractivity contribution in [3.8, 4) is 5.82 Å². The molecule has 0 saturated heterocycles. The van der Waals surface area contributed by atoms with E-state index in [4.69, 9.17) is 13.2 Å². The maximum absolute atomic E-state index is 8.76. The molecule has 1 aliphatic heterocycles. The summed E-state index contributed by atoms with van der Waals surface area (Å²) in [4.78, 5) is 9.34. The largest absolute Gasteiger partial charge is 0.493 e. The van der Waals surface area contributed by atoms with Crippen LogP contribution in [0.15, 0.2) is 146 Å². The fraction of sp³-hybridized carbons (Fsp3) is 0.222. The molecule has 0 unspecified atom stereocenters. The van der Waals surface area contributed by atoms with Gasteiger partial charge < -0.3 is 14.4 Å². The van der Waals surface area contributed by atoms with Gasteiger partial charge in [-0.05, 0) is 75.2 Å². The van der Waals surface area contributed by atoms with Crippen LogP contribution in [0, 0.1) is 18.8 Å². The van der Waals surface area contributed by atoms with Crippen LogP contribution in [0.3, 0.4) is 0 Å². The van der Waals surface area contributed by atoms with Crippen molar-refractivity contribution in [3.05, 3.63) is 198 Å². The summed E-state index contributed by atoms with van der Waals surface area (Å²) in [6.07, 6.45) is 2.04. The number of hydrogen-bond donors (Lipinski definition) is 0. The minimum absolute atomic E-state index is 0. The number of rotatable bonds is 7. The van der Waals surface area contributed by atoms with Gasteiger partial charge in [-0.25, -0.2) is 4.98 Å². The van der Waals surface area contributed by atoms with E-state index < -0.39 is 19.1 Å². The summed E-state index contributed by atoms with van der Waals surface area (Å²) >= 11 is 0. The van der Waals surface area contributed by atoms with E-state index >= 15 is 0 Å². The van der Waals surface area contributed by atoms with Gasteiger partial charge in [-0.1, -0.05) is 140 Å². The van der Waals surface area contributed by atoms with Crippen molar-refractivity contribution < 1.29 is 29.3 Å². The topological polar surface area (TPSA) is 24.3 Å². The summed E-state index contributed by atoms with van der Waals surface area (Å²) in [6, 6.07) is 52.4. The van der Waals surface area contributed by atoms with Crippen LogP contribution in [-0.4, -0.2) is 9.55 Å². The number of aromatic nitrogens is 2. The van der Waals surface area contributed by atoms with Crippen molar-refractivity contribution >= 4 is 44.6 Å². The average molecular weight is 957 g/mol. The van der Waals surface area contributed by atoms with E-state index in [0.29, 0.717) is 12.2 Å². The zero-order chi connectivity index (χ0) is 45.4. The molecule has 1 aliphatic rings. The molecule has 9 rings (SSSR count). The first-order chi connectivity index (χ1) is 30.3. The van der Waals surface area contributed by atoms with Crippen LogP contribution in [0.5, 0.6) is 0 Å². The third-order valence-electron chi connectivity index (χ3n) is 11.3. The molecule has 0 saturated carbocycles. The molecule has 0 fully saturated rings. The molecule has 3 heterocycles. The third kappa shape index (κ3) is 7.31. The Kier molecular flexibility index (Phi) is 8.66. The van der Waals surface area contributed by atoms with Gasteiger partial charge in [0.2, 0.25) is 0 Å². The quantitative estimate of drug-likeness (QED) is 0.149. The van der Waals surface area contributed by atoms with E-state index in [1.54, 1.807) is 36.4 Å². The van der Waals surface area contributed by atoms with E-state index in [9.17, 15) is 0 Å². The summed E-state index contributed by atoms with van der Waals surface area (Å²) in [5.74, 6) is 0.398. The molecule has 5 heteroatoms. The first-order valence-electron chi connectivity index (χ1n) is 22.9. The molecule has 0 bridgehead atoms. The van der Waals surface area contributed by atoms with Crippen LogP contribution < -0.4 is 9.80 Å². The molecule has 0 N–H and O–H groups in total. The van der Waals surface area contributed by atoms with Gasteiger partial charge in [-0.2, -0.15) is 53.6 Å². The van der Waals surface area contributed by atoms with Gasteiger partial charge in [-0.3, -0.25) is 0 Å². The van der Waals surface area contributed by atoms with Crippen molar-refractivity contribution in [2.24, 2.45) is 0 Å². The summed E-state index contributed by atoms with van der Waals surface area (Å²) in [5, 5.41) is 1.91. The van der Waals surface area contributed by atoms with Crippen LogP contribution in [0.4, 0.5) is 22.7 Å². The van der Waals surface area contributed by atoms with Crippen molar-refractivity contribution in [2.45, 2.75) is 77.9 Å². The molecule has 0 radical (unpaired) electrons. The molecule has 59 heavy (non-hydrogen) atoms. The van der Waals surface area contributed by atoms with Gasteiger partial charge in [0, 0.05) is 63.5 Å². The van der Waals surface area contributed by atoms with Gasteiger partial charge in [0.1, 0.15) is 5.82 Å². The number of benzene rings is 6. The number of pyridine rings is 1. The van der Waals surface area contributed by atoms with Crippen LogP contribution in [-0.2, 0) is 43.7 Å². The second-order valence-electron chi connectivity index (χ2n) is 17.4. The molecular weight excluding hydrogens is 900 g/mol. The van der Waals surface area contributed by atoms with Crippen LogP contribution in [0.25, 0.3) is 27.6 Å². The van der Waals surface area contributed by atoms with Crippen LogP contribution in [0.2, 0.25) is 0 Å². The van der Waals surface area contributed by atoms with E-state index in [1.165, 1.54) is 29.1 Å². The summed E-state index contributed by atoms with van der Waals surface area (Å²) < 4.78 is 54.5. The fourth-order valence-electron chi connectivity index (χ4n) is 8.35. The molecule has 300 valence electrons. The smallest absolute Gasteiger partial charge is 0.135 e. The number of hydrogen-bond acceptors (Lipinski definition) is 3. The van der Waals surface area contributed by atoms with Crippen molar-refractivity contribution in [3.63, 3.8) is 0 Å². The Morgan fingerprint density at radius 2 is 1.25 bits per heavy atom. The Hall–Kier alpha value is -5.44. The van der Waals surface area contributed by atoms with Crippen molar-refractivity contribution in [1.29, 1.82) is 0 Å². The maximum Gasteiger partial charge on any atom is 0.135 e. The molecule has 0 amide bonds. The number of anilines is 4. The molecular formula is C54H51N4Pt-3. The molecule has 6 aromatic carbocycles. The van der Waals surface area contributed by atoms with Gasteiger partial charge in [-0.15, -0.1) is 17.7 Å². The number of fused-ring (bicyclic) bond motifs is 4. The first-order valence-corrected chi connectivity index (χ1v) is 19.9. The Morgan fingerprint density at radius 1 is 0.610 bits per heavy atom. The van der Waals surface area contributed by atoms with Crippen molar-refractivity contribution in [2.75, 3.05) is 9.80 Å². The minimum atomic E-state index is -2.93. The zero-order valence-corrected chi connectivity index (χ0v) is 36.5. The van der Waals surface area contributed by atoms with E-state index in [0.717, 1.165) is 50.0 Å². The summed E-state index contributed by atoms with van der Waals surface area (Å²) in [6.45, 7) is 9.97. The zero-order valence-electron chi connectivity index (χ0n) is 40.2. The van der Waals surface area contributed by atoms with E-state index in [1.807, 2.05) is 28.8 Å². The number of nitrogens with zero attached hydrogens (tertiary/aromatic N) is 4. The van der Waals surface area contributed by atoms with E-state index in [-0.39, 0.29) is 43.0 Å². The Balaban J connectivity index is 0.00000576. The average Bonchev–Trinajstić information content (AvgIpc) is 3.79. The van der Waals surface area contributed by atoms with Crippen LogP contribution >= 0.6 is 0 Å².